The highest BCUT2D eigenvalue weighted by atomic mass is 16.5. The predicted octanol–water partition coefficient (Wildman–Crippen LogP) is 0.425. The van der Waals surface area contributed by atoms with Crippen LogP contribution in [0.3, 0.4) is 0 Å². The Labute approximate surface area is 79.6 Å². The lowest BCUT2D eigenvalue weighted by molar-refractivity contribution is -0.150. The highest BCUT2D eigenvalue weighted by molar-refractivity contribution is 6.33. The van der Waals surface area contributed by atoms with Gasteiger partial charge in [0.25, 0.3) is 5.78 Å². The molecule has 0 fully saturated rings. The summed E-state index contributed by atoms with van der Waals surface area (Å²) in [6.07, 6.45) is 0. The summed E-state index contributed by atoms with van der Waals surface area (Å²) in [4.78, 5) is 20.7. The lowest BCUT2D eigenvalue weighted by Gasteiger charge is -2.02. The van der Waals surface area contributed by atoms with Gasteiger partial charge in [-0.2, -0.15) is 0 Å². The maximum atomic E-state index is 10.6. The highest BCUT2D eigenvalue weighted by Gasteiger charge is 2.11. The maximum absolute atomic E-state index is 10.6. The minimum atomic E-state index is -1.52. The van der Waals surface area contributed by atoms with E-state index in [-0.39, 0.29) is 5.75 Å². The van der Waals surface area contributed by atoms with Gasteiger partial charge in [-0.25, -0.2) is 4.79 Å². The second-order valence-electron chi connectivity index (χ2n) is 2.51. The van der Waals surface area contributed by atoms with E-state index in [0.29, 0.717) is 5.75 Å². The van der Waals surface area contributed by atoms with Crippen molar-refractivity contribution in [3.8, 4) is 11.5 Å². The number of phenols is 1. The molecule has 74 valence electrons. The highest BCUT2D eigenvalue weighted by Crippen LogP contribution is 2.15. The molecule has 0 amide bonds. The molecule has 1 aromatic carbocycles. The summed E-state index contributed by atoms with van der Waals surface area (Å²) < 4.78 is 4.84. The summed E-state index contributed by atoms with van der Waals surface area (Å²) >= 11 is 0. The summed E-state index contributed by atoms with van der Waals surface area (Å²) in [7, 11) is 0. The molecule has 14 heavy (non-hydrogen) atoms. The number of carbonyl (C=O) groups excluding carboxylic acids is 1. The van der Waals surface area contributed by atoms with Crippen LogP contribution in [-0.2, 0) is 9.59 Å². The number of ketones is 1. The van der Waals surface area contributed by atoms with Crippen LogP contribution in [0.5, 0.6) is 11.5 Å². The lowest BCUT2D eigenvalue weighted by atomic mass is 10.3. The number of phenolic OH excluding ortho intramolecular Hbond substituents is 1. The Morgan fingerprint density at radius 3 is 2.29 bits per heavy atom. The Morgan fingerprint density at radius 2 is 1.79 bits per heavy atom. The summed E-state index contributed by atoms with van der Waals surface area (Å²) in [5, 5.41) is 17.1. The van der Waals surface area contributed by atoms with E-state index < -0.39 is 18.4 Å². The lowest BCUT2D eigenvalue weighted by Crippen LogP contribution is -2.20. The second-order valence-corrected chi connectivity index (χ2v) is 2.51. The average molecular weight is 196 g/mol. The first-order valence-corrected chi connectivity index (χ1v) is 3.77. The molecular formula is C9H8O5. The Hall–Kier alpha value is -2.04. The number of carboxylic acids is 1. The van der Waals surface area contributed by atoms with Crippen molar-refractivity contribution in [2.24, 2.45) is 0 Å². The Bertz CT molecular complexity index is 341. The normalized spacial score (nSPS) is 9.43. The SMILES string of the molecule is O=C(O)C(=O)COc1ccc(O)cc1. The monoisotopic (exact) mass is 196 g/mol. The van der Waals surface area contributed by atoms with Gasteiger partial charge < -0.3 is 14.9 Å². The zero-order valence-corrected chi connectivity index (χ0v) is 7.14. The van der Waals surface area contributed by atoms with Crippen LogP contribution >= 0.6 is 0 Å². The minimum absolute atomic E-state index is 0.0712. The molecular weight excluding hydrogens is 188 g/mol. The van der Waals surface area contributed by atoms with E-state index in [9.17, 15) is 9.59 Å². The number of aliphatic carboxylic acids is 1. The number of hydrogen-bond acceptors (Lipinski definition) is 4. The zero-order chi connectivity index (χ0) is 10.6. The Kier molecular flexibility index (Phi) is 3.06. The van der Waals surface area contributed by atoms with Crippen LogP contribution in [0.4, 0.5) is 0 Å². The van der Waals surface area contributed by atoms with Crippen LogP contribution in [0.2, 0.25) is 0 Å². The van der Waals surface area contributed by atoms with Crippen molar-refractivity contribution in [1.29, 1.82) is 0 Å². The summed E-state index contributed by atoms with van der Waals surface area (Å²) in [6.45, 7) is -0.514. The van der Waals surface area contributed by atoms with E-state index >= 15 is 0 Å². The van der Waals surface area contributed by atoms with Gasteiger partial charge in [0, 0.05) is 0 Å². The smallest absolute Gasteiger partial charge is 0.375 e. The molecule has 0 spiro atoms. The van der Waals surface area contributed by atoms with Crippen LogP contribution < -0.4 is 4.74 Å². The molecule has 0 radical (unpaired) electrons. The number of carboxylic acid groups (broad SMARTS) is 1. The van der Waals surface area contributed by atoms with Gasteiger partial charge in [-0.3, -0.25) is 4.79 Å². The average Bonchev–Trinajstić information content (AvgIpc) is 2.16. The van der Waals surface area contributed by atoms with E-state index in [4.69, 9.17) is 14.9 Å². The number of hydrogen-bond donors (Lipinski definition) is 2. The number of rotatable bonds is 4. The fourth-order valence-electron chi connectivity index (χ4n) is 0.753. The topological polar surface area (TPSA) is 83.8 Å². The fourth-order valence-corrected chi connectivity index (χ4v) is 0.753. The molecule has 0 aliphatic rings. The van der Waals surface area contributed by atoms with Gasteiger partial charge in [0.05, 0.1) is 0 Å². The van der Waals surface area contributed by atoms with Gasteiger partial charge >= 0.3 is 5.97 Å². The second kappa shape index (κ2) is 4.27. The third-order valence-corrected chi connectivity index (χ3v) is 1.45. The van der Waals surface area contributed by atoms with E-state index in [1.54, 1.807) is 0 Å². The predicted molar refractivity (Wildman–Crippen MR) is 46.2 cm³/mol. The molecule has 0 unspecified atom stereocenters. The van der Waals surface area contributed by atoms with Crippen molar-refractivity contribution in [1.82, 2.24) is 0 Å². The van der Waals surface area contributed by atoms with Gasteiger partial charge in [0.1, 0.15) is 11.5 Å². The number of aromatic hydroxyl groups is 1. The maximum Gasteiger partial charge on any atom is 0.375 e. The molecule has 0 aromatic heterocycles. The third-order valence-electron chi connectivity index (χ3n) is 1.45. The summed E-state index contributed by atoms with van der Waals surface area (Å²) in [5.74, 6) is -2.14. The van der Waals surface area contributed by atoms with E-state index in [2.05, 4.69) is 0 Å². The number of benzene rings is 1. The summed E-state index contributed by atoms with van der Waals surface area (Å²) in [5.41, 5.74) is 0. The van der Waals surface area contributed by atoms with Gasteiger partial charge in [0.15, 0.2) is 6.61 Å². The van der Waals surface area contributed by atoms with Crippen molar-refractivity contribution in [3.63, 3.8) is 0 Å². The largest absolute Gasteiger partial charge is 0.508 e. The number of carbonyl (C=O) groups is 2. The van der Waals surface area contributed by atoms with Crippen LogP contribution in [0.15, 0.2) is 24.3 Å². The molecule has 0 saturated carbocycles. The van der Waals surface area contributed by atoms with Gasteiger partial charge in [-0.15, -0.1) is 0 Å². The third kappa shape index (κ3) is 2.78. The van der Waals surface area contributed by atoms with E-state index in [0.717, 1.165) is 0 Å². The summed E-state index contributed by atoms with van der Waals surface area (Å²) in [6, 6.07) is 5.62. The number of Topliss-reactive ketones (excluding diaryl/α,β-unsaturated/α-hetero) is 1. The molecule has 5 nitrogen and oxygen atoms in total. The quantitative estimate of drug-likeness (QED) is 0.682. The van der Waals surface area contributed by atoms with Crippen molar-refractivity contribution in [3.05, 3.63) is 24.3 Å². The molecule has 0 heterocycles. The van der Waals surface area contributed by atoms with Crippen LogP contribution in [0, 0.1) is 0 Å². The molecule has 0 atom stereocenters. The van der Waals surface area contributed by atoms with Gasteiger partial charge in [-0.05, 0) is 24.3 Å². The van der Waals surface area contributed by atoms with E-state index in [1.807, 2.05) is 0 Å². The molecule has 0 aliphatic heterocycles. The first-order chi connectivity index (χ1) is 6.59. The van der Waals surface area contributed by atoms with Crippen molar-refractivity contribution >= 4 is 11.8 Å². The van der Waals surface area contributed by atoms with Crippen molar-refractivity contribution < 1.29 is 24.5 Å². The zero-order valence-electron chi connectivity index (χ0n) is 7.14. The molecule has 0 saturated heterocycles. The first kappa shape index (κ1) is 10.0. The van der Waals surface area contributed by atoms with Crippen molar-refractivity contribution in [2.45, 2.75) is 0 Å². The van der Waals surface area contributed by atoms with E-state index in [1.165, 1.54) is 24.3 Å². The van der Waals surface area contributed by atoms with Crippen LogP contribution in [0.1, 0.15) is 0 Å². The van der Waals surface area contributed by atoms with Crippen LogP contribution in [0.25, 0.3) is 0 Å². The molecule has 2 N–H and O–H groups in total. The Morgan fingerprint density at radius 1 is 1.21 bits per heavy atom. The standard InChI is InChI=1S/C9H8O5/c10-6-1-3-7(4-2-6)14-5-8(11)9(12)13/h1-4,10H,5H2,(H,12,13). The molecule has 5 heteroatoms. The fraction of sp³-hybridized carbons (Fsp3) is 0.111. The Balaban J connectivity index is 2.50. The van der Waals surface area contributed by atoms with Gasteiger partial charge in [-0.1, -0.05) is 0 Å². The van der Waals surface area contributed by atoms with Gasteiger partial charge in [0.2, 0.25) is 0 Å². The molecule has 1 aromatic rings. The molecule has 0 aliphatic carbocycles. The molecule has 0 bridgehead atoms. The molecule has 1 rings (SSSR count). The van der Waals surface area contributed by atoms with Crippen molar-refractivity contribution in [2.75, 3.05) is 6.61 Å². The number of ether oxygens (including phenoxy) is 1. The first-order valence-electron chi connectivity index (χ1n) is 3.77. The van der Waals surface area contributed by atoms with Crippen LogP contribution in [-0.4, -0.2) is 28.6 Å². The minimum Gasteiger partial charge on any atom is -0.508 e.